The highest BCUT2D eigenvalue weighted by molar-refractivity contribution is 5.06. The number of aryl methyl sites for hydroxylation is 2. The van der Waals surface area contributed by atoms with E-state index in [1.807, 2.05) is 26.2 Å². The van der Waals surface area contributed by atoms with E-state index >= 15 is 0 Å². The summed E-state index contributed by atoms with van der Waals surface area (Å²) in [5.74, 6) is 0. The Morgan fingerprint density at radius 3 is 2.82 bits per heavy atom. The number of hydrogen-bond acceptors (Lipinski definition) is 1. The van der Waals surface area contributed by atoms with Gasteiger partial charge < -0.3 is 9.67 Å². The summed E-state index contributed by atoms with van der Waals surface area (Å²) < 4.78 is 2.09. The average Bonchev–Trinajstić information content (AvgIpc) is 2.31. The van der Waals surface area contributed by atoms with E-state index in [2.05, 4.69) is 10.6 Å². The first kappa shape index (κ1) is 8.34. The Labute approximate surface area is 67.5 Å². The van der Waals surface area contributed by atoms with Crippen molar-refractivity contribution in [1.82, 2.24) is 4.57 Å². The van der Waals surface area contributed by atoms with Gasteiger partial charge in [-0.2, -0.15) is 0 Å². The van der Waals surface area contributed by atoms with E-state index in [4.69, 9.17) is 5.11 Å². The highest BCUT2D eigenvalue weighted by atomic mass is 16.3. The molecule has 2 heteroatoms. The molecule has 0 amide bonds. The average molecular weight is 153 g/mol. The number of aromatic nitrogens is 1. The molecule has 0 aliphatic rings. The summed E-state index contributed by atoms with van der Waals surface area (Å²) >= 11 is 0. The lowest BCUT2D eigenvalue weighted by Crippen LogP contribution is -2.03. The van der Waals surface area contributed by atoms with Crippen LogP contribution >= 0.6 is 0 Å². The molecule has 1 aromatic rings. The number of aliphatic hydroxyl groups excluding tert-OH is 1. The highest BCUT2D eigenvalue weighted by Gasteiger charge is 1.99. The third-order valence-corrected chi connectivity index (χ3v) is 1.87. The molecule has 1 unspecified atom stereocenters. The molecular formula is C9H15NO. The van der Waals surface area contributed by atoms with E-state index in [0.29, 0.717) is 0 Å². The van der Waals surface area contributed by atoms with E-state index in [1.165, 1.54) is 5.69 Å². The van der Waals surface area contributed by atoms with Crippen LogP contribution in [-0.4, -0.2) is 15.8 Å². The molecule has 1 heterocycles. The molecule has 0 saturated carbocycles. The first-order valence-corrected chi connectivity index (χ1v) is 3.98. The van der Waals surface area contributed by atoms with Gasteiger partial charge in [-0.1, -0.05) is 0 Å². The minimum Gasteiger partial charge on any atom is -0.393 e. The standard InChI is InChI=1S/C9H15NO/c1-8(11)5-6-9-4-3-7-10(9)2/h3-4,7-8,11H,5-6H2,1-2H3. The SMILES string of the molecule is CC(O)CCc1cccn1C. The minimum atomic E-state index is -0.190. The van der Waals surface area contributed by atoms with Crippen molar-refractivity contribution in [3.63, 3.8) is 0 Å². The van der Waals surface area contributed by atoms with Crippen molar-refractivity contribution in [1.29, 1.82) is 0 Å². The van der Waals surface area contributed by atoms with Gasteiger partial charge in [0.05, 0.1) is 6.10 Å². The topological polar surface area (TPSA) is 25.2 Å². The van der Waals surface area contributed by atoms with Crippen LogP contribution < -0.4 is 0 Å². The van der Waals surface area contributed by atoms with Gasteiger partial charge in [0.2, 0.25) is 0 Å². The molecule has 1 N–H and O–H groups in total. The largest absolute Gasteiger partial charge is 0.393 e. The van der Waals surface area contributed by atoms with Gasteiger partial charge in [-0.25, -0.2) is 0 Å². The van der Waals surface area contributed by atoms with Crippen molar-refractivity contribution in [2.45, 2.75) is 25.9 Å². The van der Waals surface area contributed by atoms with Crippen molar-refractivity contribution in [3.8, 4) is 0 Å². The molecule has 2 nitrogen and oxygen atoms in total. The van der Waals surface area contributed by atoms with Gasteiger partial charge in [0.1, 0.15) is 0 Å². The second-order valence-corrected chi connectivity index (χ2v) is 3.00. The van der Waals surface area contributed by atoms with E-state index in [0.717, 1.165) is 12.8 Å². The van der Waals surface area contributed by atoms with Crippen molar-refractivity contribution in [3.05, 3.63) is 24.0 Å². The molecule has 0 bridgehead atoms. The predicted octanol–water partition coefficient (Wildman–Crippen LogP) is 1.34. The van der Waals surface area contributed by atoms with Gasteiger partial charge in [-0.15, -0.1) is 0 Å². The van der Waals surface area contributed by atoms with Gasteiger partial charge in [0.15, 0.2) is 0 Å². The van der Waals surface area contributed by atoms with Gasteiger partial charge in [-0.3, -0.25) is 0 Å². The van der Waals surface area contributed by atoms with Crippen LogP contribution in [0, 0.1) is 0 Å². The maximum Gasteiger partial charge on any atom is 0.0515 e. The Kier molecular flexibility index (Phi) is 2.71. The molecule has 0 fully saturated rings. The van der Waals surface area contributed by atoms with E-state index in [1.54, 1.807) is 0 Å². The fourth-order valence-corrected chi connectivity index (χ4v) is 1.11. The Bertz CT molecular complexity index is 215. The molecule has 0 spiro atoms. The third-order valence-electron chi connectivity index (χ3n) is 1.87. The molecule has 0 aromatic carbocycles. The minimum absolute atomic E-state index is 0.190. The molecule has 0 radical (unpaired) electrons. The van der Waals surface area contributed by atoms with Crippen LogP contribution in [0.2, 0.25) is 0 Å². The second-order valence-electron chi connectivity index (χ2n) is 3.00. The third kappa shape index (κ3) is 2.39. The number of hydrogen-bond donors (Lipinski definition) is 1. The van der Waals surface area contributed by atoms with Crippen LogP contribution in [0.15, 0.2) is 18.3 Å². The van der Waals surface area contributed by atoms with Crippen molar-refractivity contribution >= 4 is 0 Å². The fraction of sp³-hybridized carbons (Fsp3) is 0.556. The Hall–Kier alpha value is -0.760. The monoisotopic (exact) mass is 153 g/mol. The Morgan fingerprint density at radius 2 is 2.36 bits per heavy atom. The lowest BCUT2D eigenvalue weighted by molar-refractivity contribution is 0.184. The zero-order chi connectivity index (χ0) is 8.27. The van der Waals surface area contributed by atoms with Crippen LogP contribution in [0.25, 0.3) is 0 Å². The molecule has 0 aliphatic heterocycles. The number of nitrogens with zero attached hydrogens (tertiary/aromatic N) is 1. The number of rotatable bonds is 3. The molecular weight excluding hydrogens is 138 g/mol. The van der Waals surface area contributed by atoms with Crippen molar-refractivity contribution in [2.24, 2.45) is 7.05 Å². The van der Waals surface area contributed by atoms with Crippen LogP contribution in [-0.2, 0) is 13.5 Å². The summed E-state index contributed by atoms with van der Waals surface area (Å²) in [6.45, 7) is 1.82. The van der Waals surface area contributed by atoms with Gasteiger partial charge in [0, 0.05) is 18.9 Å². The molecule has 1 rings (SSSR count). The number of aliphatic hydroxyl groups is 1. The first-order chi connectivity index (χ1) is 5.20. The summed E-state index contributed by atoms with van der Waals surface area (Å²) in [4.78, 5) is 0. The van der Waals surface area contributed by atoms with Gasteiger partial charge in [0.25, 0.3) is 0 Å². The summed E-state index contributed by atoms with van der Waals surface area (Å²) in [7, 11) is 2.03. The molecule has 1 atom stereocenters. The zero-order valence-corrected chi connectivity index (χ0v) is 7.12. The maximum absolute atomic E-state index is 9.03. The van der Waals surface area contributed by atoms with Crippen molar-refractivity contribution < 1.29 is 5.11 Å². The van der Waals surface area contributed by atoms with Crippen LogP contribution in [0.5, 0.6) is 0 Å². The smallest absolute Gasteiger partial charge is 0.0515 e. The summed E-state index contributed by atoms with van der Waals surface area (Å²) in [6.07, 6.45) is 3.64. The van der Waals surface area contributed by atoms with Crippen LogP contribution in [0.1, 0.15) is 19.0 Å². The summed E-state index contributed by atoms with van der Waals surface area (Å²) in [5.41, 5.74) is 1.28. The fourth-order valence-electron chi connectivity index (χ4n) is 1.11. The highest BCUT2D eigenvalue weighted by Crippen LogP contribution is 2.04. The predicted molar refractivity (Wildman–Crippen MR) is 45.4 cm³/mol. The second kappa shape index (κ2) is 3.58. The zero-order valence-electron chi connectivity index (χ0n) is 7.12. The Morgan fingerprint density at radius 1 is 1.64 bits per heavy atom. The first-order valence-electron chi connectivity index (χ1n) is 3.98. The molecule has 1 aromatic heterocycles. The van der Waals surface area contributed by atoms with Gasteiger partial charge >= 0.3 is 0 Å². The van der Waals surface area contributed by atoms with Gasteiger partial charge in [-0.05, 0) is 31.9 Å². The normalized spacial score (nSPS) is 13.4. The van der Waals surface area contributed by atoms with E-state index in [-0.39, 0.29) is 6.10 Å². The Balaban J connectivity index is 2.44. The lowest BCUT2D eigenvalue weighted by atomic mass is 10.2. The maximum atomic E-state index is 9.03. The summed E-state index contributed by atoms with van der Waals surface area (Å²) in [6, 6.07) is 4.11. The van der Waals surface area contributed by atoms with Crippen LogP contribution in [0.3, 0.4) is 0 Å². The van der Waals surface area contributed by atoms with E-state index < -0.39 is 0 Å². The molecule has 0 saturated heterocycles. The quantitative estimate of drug-likeness (QED) is 0.696. The van der Waals surface area contributed by atoms with Crippen LogP contribution in [0.4, 0.5) is 0 Å². The summed E-state index contributed by atoms with van der Waals surface area (Å²) in [5, 5.41) is 9.03. The lowest BCUT2D eigenvalue weighted by Gasteiger charge is -2.04. The molecule has 0 aliphatic carbocycles. The molecule has 62 valence electrons. The van der Waals surface area contributed by atoms with E-state index in [9.17, 15) is 0 Å². The molecule has 11 heavy (non-hydrogen) atoms. The van der Waals surface area contributed by atoms with Crippen molar-refractivity contribution in [2.75, 3.05) is 0 Å².